The maximum atomic E-state index is 6.65. The van der Waals surface area contributed by atoms with Crippen LogP contribution >= 0.6 is 81.2 Å². The van der Waals surface area contributed by atoms with Gasteiger partial charge < -0.3 is 4.74 Å². The van der Waals surface area contributed by atoms with Crippen LogP contribution in [0.2, 0.25) is 0 Å². The van der Waals surface area contributed by atoms with Crippen molar-refractivity contribution in [2.75, 3.05) is 0 Å². The summed E-state index contributed by atoms with van der Waals surface area (Å²) in [5.74, 6) is -0.457. The van der Waals surface area contributed by atoms with Gasteiger partial charge in [0.15, 0.2) is 4.33 Å². The van der Waals surface area contributed by atoms with Crippen LogP contribution < -0.4 is 0 Å². The van der Waals surface area contributed by atoms with Gasteiger partial charge in [0, 0.05) is 11.8 Å². The monoisotopic (exact) mass is 386 g/mol. The van der Waals surface area contributed by atoms with Crippen molar-refractivity contribution in [3.8, 4) is 0 Å². The van der Waals surface area contributed by atoms with Crippen molar-refractivity contribution in [2.24, 2.45) is 11.8 Å². The van der Waals surface area contributed by atoms with E-state index in [1.165, 1.54) is 0 Å². The lowest BCUT2D eigenvalue weighted by atomic mass is 9.83. The van der Waals surface area contributed by atoms with Crippen LogP contribution in [-0.2, 0) is 4.74 Å². The second-order valence-corrected chi connectivity index (χ2v) is 8.97. The third-order valence-corrected chi connectivity index (χ3v) is 9.44. The summed E-state index contributed by atoms with van der Waals surface area (Å²) in [4.78, 5) is -2.48. The Morgan fingerprint density at radius 1 is 0.833 bits per heavy atom. The largest absolute Gasteiger partial charge is 0.368 e. The smallest absolute Gasteiger partial charge is 0.166 e. The van der Waals surface area contributed by atoms with Crippen LogP contribution in [0.15, 0.2) is 10.1 Å². The molecule has 18 heavy (non-hydrogen) atoms. The number of alkyl halides is 5. The molecule has 0 unspecified atom stereocenters. The summed E-state index contributed by atoms with van der Waals surface area (Å²) < 4.78 is 4.00. The third-order valence-electron chi connectivity index (χ3n) is 4.62. The zero-order chi connectivity index (χ0) is 13.2. The van der Waals surface area contributed by atoms with Crippen LogP contribution in [0.5, 0.6) is 0 Å². The first-order chi connectivity index (χ1) is 8.20. The standard InChI is InChI=1S/C10H5Cl7O/c11-3-1-2(4-5(3)18-4)9(15)7(13)6(12)8(1,14)10(9,16)17/h1-5H/t1-,2+,3+,4+,5-,8+,9-/m1/s1. The van der Waals surface area contributed by atoms with Crippen LogP contribution in [0.25, 0.3) is 0 Å². The van der Waals surface area contributed by atoms with Gasteiger partial charge in [-0.05, 0) is 0 Å². The molecular formula is C10H5Cl7O. The van der Waals surface area contributed by atoms with Crippen molar-refractivity contribution in [1.29, 1.82) is 0 Å². The zero-order valence-corrected chi connectivity index (χ0v) is 13.7. The van der Waals surface area contributed by atoms with E-state index >= 15 is 0 Å². The van der Waals surface area contributed by atoms with Gasteiger partial charge in [0.2, 0.25) is 0 Å². The first kappa shape index (κ1) is 13.4. The highest BCUT2D eigenvalue weighted by molar-refractivity contribution is 6.66. The lowest BCUT2D eigenvalue weighted by Gasteiger charge is -2.35. The highest BCUT2D eigenvalue weighted by atomic mass is 35.5. The minimum Gasteiger partial charge on any atom is -0.368 e. The van der Waals surface area contributed by atoms with Gasteiger partial charge in [-0.3, -0.25) is 0 Å². The summed E-state index contributed by atoms with van der Waals surface area (Å²) >= 11 is 45.0. The van der Waals surface area contributed by atoms with Crippen molar-refractivity contribution in [1.82, 2.24) is 0 Å². The fourth-order valence-corrected chi connectivity index (χ4v) is 7.49. The van der Waals surface area contributed by atoms with Crippen LogP contribution in [0, 0.1) is 11.8 Å². The van der Waals surface area contributed by atoms with E-state index in [2.05, 4.69) is 0 Å². The SMILES string of the molecule is ClC1=C(Cl)[C@]2(Cl)[C@@H]3[C@@H]4O[C@@H]4[C@@H](Cl)[C@@H]3[C@@]1(Cl)C2(Cl)Cl. The van der Waals surface area contributed by atoms with E-state index in [0.29, 0.717) is 0 Å². The van der Waals surface area contributed by atoms with E-state index in [0.717, 1.165) is 0 Å². The van der Waals surface area contributed by atoms with Gasteiger partial charge in [0.1, 0.15) is 15.9 Å². The molecule has 2 saturated carbocycles. The average molecular weight is 389 g/mol. The molecule has 3 aliphatic carbocycles. The van der Waals surface area contributed by atoms with Crippen LogP contribution in [0.4, 0.5) is 0 Å². The molecule has 4 aliphatic rings. The predicted octanol–water partition coefficient (Wildman–Crippen LogP) is 4.45. The lowest BCUT2D eigenvalue weighted by molar-refractivity contribution is 0.204. The summed E-state index contributed by atoms with van der Waals surface area (Å²) in [5.41, 5.74) is 0. The molecule has 7 atom stereocenters. The first-order valence-corrected chi connectivity index (χ1v) is 8.02. The molecular weight excluding hydrogens is 384 g/mol. The molecule has 0 spiro atoms. The molecule has 1 saturated heterocycles. The maximum Gasteiger partial charge on any atom is 0.166 e. The molecule has 100 valence electrons. The van der Waals surface area contributed by atoms with Crippen LogP contribution in [0.1, 0.15) is 0 Å². The molecule has 0 radical (unpaired) electrons. The quantitative estimate of drug-likeness (QED) is 0.441. The van der Waals surface area contributed by atoms with Gasteiger partial charge in [0.05, 0.1) is 21.5 Å². The van der Waals surface area contributed by atoms with E-state index in [9.17, 15) is 0 Å². The highest BCUT2D eigenvalue weighted by Gasteiger charge is 2.89. The van der Waals surface area contributed by atoms with E-state index in [-0.39, 0.29) is 39.5 Å². The fourth-order valence-electron chi connectivity index (χ4n) is 3.80. The summed E-state index contributed by atoms with van der Waals surface area (Å²) in [6.07, 6.45) is -0.152. The number of hydrogen-bond donors (Lipinski definition) is 0. The van der Waals surface area contributed by atoms with E-state index < -0.39 is 14.1 Å². The average Bonchev–Trinajstić information content (AvgIpc) is 2.98. The summed E-state index contributed by atoms with van der Waals surface area (Å²) in [7, 11) is 0. The number of rotatable bonds is 0. The van der Waals surface area contributed by atoms with Gasteiger partial charge in [-0.25, -0.2) is 0 Å². The Morgan fingerprint density at radius 2 is 1.33 bits per heavy atom. The summed E-state index contributed by atoms with van der Waals surface area (Å²) in [6.45, 7) is 0. The number of halogens is 7. The Labute approximate surface area is 139 Å². The number of allylic oxidation sites excluding steroid dienone is 2. The van der Waals surface area contributed by atoms with Crippen LogP contribution in [-0.4, -0.2) is 31.7 Å². The minimum absolute atomic E-state index is 0.0608. The molecule has 0 amide bonds. The Morgan fingerprint density at radius 3 is 1.89 bits per heavy atom. The first-order valence-electron chi connectivity index (χ1n) is 5.32. The molecule has 8 heteroatoms. The second-order valence-electron chi connectivity index (χ2n) is 5.19. The molecule has 1 nitrogen and oxygen atoms in total. The zero-order valence-electron chi connectivity index (χ0n) is 8.44. The Balaban J connectivity index is 2.01. The molecule has 0 aromatic carbocycles. The Kier molecular flexibility index (Phi) is 2.52. The molecule has 0 aromatic rings. The number of hydrogen-bond acceptors (Lipinski definition) is 1. The van der Waals surface area contributed by atoms with E-state index in [4.69, 9.17) is 85.9 Å². The number of fused-ring (bicyclic) bond motifs is 7. The minimum atomic E-state index is -1.50. The van der Waals surface area contributed by atoms with Gasteiger partial charge in [-0.2, -0.15) is 0 Å². The maximum absolute atomic E-state index is 6.65. The Hall–Kier alpha value is 1.73. The molecule has 4 rings (SSSR count). The van der Waals surface area contributed by atoms with Crippen molar-refractivity contribution in [2.45, 2.75) is 31.7 Å². The second kappa shape index (κ2) is 3.38. The van der Waals surface area contributed by atoms with E-state index in [1.54, 1.807) is 0 Å². The van der Waals surface area contributed by atoms with Gasteiger partial charge in [-0.1, -0.05) is 46.4 Å². The van der Waals surface area contributed by atoms with Gasteiger partial charge in [-0.15, -0.1) is 34.8 Å². The summed E-state index contributed by atoms with van der Waals surface area (Å²) in [6, 6.07) is 0. The van der Waals surface area contributed by atoms with E-state index in [1.807, 2.05) is 0 Å². The van der Waals surface area contributed by atoms with Crippen LogP contribution in [0.3, 0.4) is 0 Å². The summed E-state index contributed by atoms with van der Waals surface area (Å²) in [5, 5.41) is 0.111. The normalized spacial score (nSPS) is 63.2. The van der Waals surface area contributed by atoms with Crippen molar-refractivity contribution in [3.05, 3.63) is 10.1 Å². The Bertz CT molecular complexity index is 476. The number of ether oxygens (including phenoxy) is 1. The molecule has 0 N–H and O–H groups in total. The molecule has 1 heterocycles. The number of epoxide rings is 1. The predicted molar refractivity (Wildman–Crippen MR) is 75.6 cm³/mol. The topological polar surface area (TPSA) is 12.5 Å². The van der Waals surface area contributed by atoms with Crippen molar-refractivity contribution < 1.29 is 4.74 Å². The van der Waals surface area contributed by atoms with Crippen molar-refractivity contribution in [3.63, 3.8) is 0 Å². The highest BCUT2D eigenvalue weighted by Crippen LogP contribution is 2.81. The molecule has 3 fully saturated rings. The lowest BCUT2D eigenvalue weighted by Crippen LogP contribution is -2.46. The van der Waals surface area contributed by atoms with Gasteiger partial charge >= 0.3 is 0 Å². The fraction of sp³-hybridized carbons (Fsp3) is 0.800. The molecule has 2 bridgehead atoms. The van der Waals surface area contributed by atoms with Gasteiger partial charge in [0.25, 0.3) is 0 Å². The third kappa shape index (κ3) is 1.02. The molecule has 0 aromatic heterocycles. The molecule has 1 aliphatic heterocycles. The van der Waals surface area contributed by atoms with Crippen molar-refractivity contribution >= 4 is 81.2 Å².